The Bertz CT molecular complexity index is 1010. The number of hydrogen-bond acceptors (Lipinski definition) is 6. The Labute approximate surface area is 168 Å². The van der Waals surface area contributed by atoms with E-state index < -0.39 is 28.1 Å². The minimum absolute atomic E-state index is 0.245. The summed E-state index contributed by atoms with van der Waals surface area (Å²) < 4.78 is 33.1. The average Bonchev–Trinajstić information content (AvgIpc) is 3.28. The van der Waals surface area contributed by atoms with Gasteiger partial charge < -0.3 is 4.74 Å². The number of ether oxygens (including phenoxy) is 1. The largest absolute Gasteiger partial charge is 0.452 e. The van der Waals surface area contributed by atoms with Crippen LogP contribution in [0.25, 0.3) is 0 Å². The van der Waals surface area contributed by atoms with E-state index in [1.165, 1.54) is 23.7 Å². The minimum Gasteiger partial charge on any atom is -0.452 e. The van der Waals surface area contributed by atoms with E-state index >= 15 is 0 Å². The average molecular weight is 417 g/mol. The van der Waals surface area contributed by atoms with Crippen molar-refractivity contribution in [2.24, 2.45) is 0 Å². The summed E-state index contributed by atoms with van der Waals surface area (Å²) in [6.45, 7) is 1.72. The number of benzene rings is 1. The van der Waals surface area contributed by atoms with E-state index in [-0.39, 0.29) is 4.21 Å². The van der Waals surface area contributed by atoms with Gasteiger partial charge in [-0.3, -0.25) is 4.98 Å². The van der Waals surface area contributed by atoms with Crippen LogP contribution in [-0.2, 0) is 14.8 Å². The molecule has 3 rings (SSSR count). The number of esters is 1. The molecular weight excluding hydrogens is 396 g/mol. The molecule has 6 nitrogen and oxygen atoms in total. The van der Waals surface area contributed by atoms with Crippen molar-refractivity contribution in [2.45, 2.75) is 23.3 Å². The SMILES string of the molecule is C[C@@H]([C@@H](OC(=O)c1ccncc1)c1ccccc1)N(C)S(=O)(=O)c1cccs1. The predicted octanol–water partition coefficient (Wildman–Crippen LogP) is 3.75. The lowest BCUT2D eigenvalue weighted by Gasteiger charge is -2.31. The molecule has 0 aliphatic carbocycles. The molecule has 146 valence electrons. The van der Waals surface area contributed by atoms with Gasteiger partial charge in [-0.2, -0.15) is 4.31 Å². The molecule has 28 heavy (non-hydrogen) atoms. The molecule has 0 bridgehead atoms. The van der Waals surface area contributed by atoms with Crippen molar-refractivity contribution in [3.05, 3.63) is 83.5 Å². The van der Waals surface area contributed by atoms with E-state index in [0.717, 1.165) is 11.3 Å². The molecule has 2 aromatic heterocycles. The summed E-state index contributed by atoms with van der Waals surface area (Å²) in [6, 6.07) is 14.9. The molecule has 2 atom stereocenters. The first-order valence-corrected chi connectivity index (χ1v) is 10.9. The summed E-state index contributed by atoms with van der Waals surface area (Å²) in [4.78, 5) is 16.5. The molecule has 1 aromatic carbocycles. The van der Waals surface area contributed by atoms with Crippen molar-refractivity contribution >= 4 is 27.3 Å². The molecule has 0 saturated heterocycles. The molecule has 0 N–H and O–H groups in total. The number of rotatable bonds is 7. The first kappa shape index (κ1) is 20.2. The highest BCUT2D eigenvalue weighted by Crippen LogP contribution is 2.30. The van der Waals surface area contributed by atoms with Gasteiger partial charge in [-0.25, -0.2) is 13.2 Å². The second kappa shape index (κ2) is 8.64. The molecule has 0 saturated carbocycles. The van der Waals surface area contributed by atoms with Crippen LogP contribution in [0.2, 0.25) is 0 Å². The number of thiophene rings is 1. The summed E-state index contributed by atoms with van der Waals surface area (Å²) in [6.07, 6.45) is 2.23. The monoisotopic (exact) mass is 416 g/mol. The lowest BCUT2D eigenvalue weighted by Crippen LogP contribution is -2.40. The molecule has 0 amide bonds. The Kier molecular flexibility index (Phi) is 6.23. The first-order chi connectivity index (χ1) is 13.4. The summed E-state index contributed by atoms with van der Waals surface area (Å²) >= 11 is 1.15. The van der Waals surface area contributed by atoms with Crippen molar-refractivity contribution in [2.75, 3.05) is 7.05 Å². The molecule has 3 aromatic rings. The summed E-state index contributed by atoms with van der Waals surface area (Å²) in [5, 5.41) is 1.71. The Morgan fingerprint density at radius 2 is 1.75 bits per heavy atom. The molecule has 0 unspecified atom stereocenters. The molecule has 0 aliphatic heterocycles. The maximum atomic E-state index is 12.9. The van der Waals surface area contributed by atoms with Gasteiger partial charge in [-0.1, -0.05) is 36.4 Å². The zero-order valence-electron chi connectivity index (χ0n) is 15.4. The van der Waals surface area contributed by atoms with Crippen LogP contribution >= 0.6 is 11.3 Å². The second-order valence-electron chi connectivity index (χ2n) is 6.17. The third kappa shape index (κ3) is 4.30. The van der Waals surface area contributed by atoms with Gasteiger partial charge in [0, 0.05) is 19.4 Å². The van der Waals surface area contributed by atoms with Gasteiger partial charge in [0.25, 0.3) is 10.0 Å². The fourth-order valence-electron chi connectivity index (χ4n) is 2.72. The number of nitrogens with zero attached hydrogens (tertiary/aromatic N) is 2. The fraction of sp³-hybridized carbons (Fsp3) is 0.200. The third-order valence-corrected chi connectivity index (χ3v) is 7.74. The van der Waals surface area contributed by atoms with Crippen molar-refractivity contribution in [1.82, 2.24) is 9.29 Å². The van der Waals surface area contributed by atoms with E-state index in [0.29, 0.717) is 11.1 Å². The number of hydrogen-bond donors (Lipinski definition) is 0. The van der Waals surface area contributed by atoms with Gasteiger partial charge in [0.1, 0.15) is 10.3 Å². The molecular formula is C20H20N2O4S2. The van der Waals surface area contributed by atoms with Crippen LogP contribution in [0.4, 0.5) is 0 Å². The molecule has 0 radical (unpaired) electrons. The summed E-state index contributed by atoms with van der Waals surface area (Å²) in [5.74, 6) is -0.537. The minimum atomic E-state index is -3.70. The Morgan fingerprint density at radius 1 is 1.07 bits per heavy atom. The van der Waals surface area contributed by atoms with Crippen molar-refractivity contribution < 1.29 is 17.9 Å². The normalized spacial score (nSPS) is 13.8. The van der Waals surface area contributed by atoms with Gasteiger partial charge in [0.15, 0.2) is 0 Å². The Balaban J connectivity index is 1.91. The maximum absolute atomic E-state index is 12.9. The van der Waals surface area contributed by atoms with Crippen LogP contribution in [0, 0.1) is 0 Å². The number of carbonyl (C=O) groups is 1. The predicted molar refractivity (Wildman–Crippen MR) is 108 cm³/mol. The summed E-state index contributed by atoms with van der Waals surface area (Å²) in [5.41, 5.74) is 1.07. The quantitative estimate of drug-likeness (QED) is 0.548. The molecule has 0 spiro atoms. The van der Waals surface area contributed by atoms with Crippen LogP contribution in [0.1, 0.15) is 28.9 Å². The zero-order valence-corrected chi connectivity index (χ0v) is 17.1. The number of aromatic nitrogens is 1. The molecule has 2 heterocycles. The second-order valence-corrected chi connectivity index (χ2v) is 9.34. The van der Waals surface area contributed by atoms with E-state index in [2.05, 4.69) is 4.98 Å². The van der Waals surface area contributed by atoms with Gasteiger partial charge in [0.05, 0.1) is 11.6 Å². The number of pyridine rings is 1. The Morgan fingerprint density at radius 3 is 2.36 bits per heavy atom. The van der Waals surface area contributed by atoms with Crippen LogP contribution in [0.5, 0.6) is 0 Å². The fourth-order valence-corrected chi connectivity index (χ4v) is 5.26. The van der Waals surface area contributed by atoms with Crippen molar-refractivity contribution in [3.8, 4) is 0 Å². The Hall–Kier alpha value is -2.55. The van der Waals surface area contributed by atoms with Crippen LogP contribution in [0.15, 0.2) is 76.6 Å². The van der Waals surface area contributed by atoms with E-state index in [1.807, 2.05) is 30.3 Å². The van der Waals surface area contributed by atoms with Crippen LogP contribution in [-0.4, -0.2) is 36.8 Å². The number of likely N-dealkylation sites (N-methyl/N-ethyl adjacent to an activating group) is 1. The van der Waals surface area contributed by atoms with Gasteiger partial charge in [-0.15, -0.1) is 11.3 Å². The highest BCUT2D eigenvalue weighted by molar-refractivity contribution is 7.91. The zero-order chi connectivity index (χ0) is 20.1. The molecule has 0 aliphatic rings. The summed E-state index contributed by atoms with van der Waals surface area (Å²) in [7, 11) is -2.20. The number of sulfonamides is 1. The van der Waals surface area contributed by atoms with E-state index in [1.54, 1.807) is 36.6 Å². The third-order valence-electron chi connectivity index (χ3n) is 4.42. The topological polar surface area (TPSA) is 76.6 Å². The highest BCUT2D eigenvalue weighted by Gasteiger charge is 2.34. The molecule has 8 heteroatoms. The van der Waals surface area contributed by atoms with Crippen LogP contribution in [0.3, 0.4) is 0 Å². The lowest BCUT2D eigenvalue weighted by atomic mass is 10.0. The maximum Gasteiger partial charge on any atom is 0.338 e. The number of carbonyl (C=O) groups excluding carboxylic acids is 1. The highest BCUT2D eigenvalue weighted by atomic mass is 32.2. The molecule has 0 fully saturated rings. The van der Waals surface area contributed by atoms with Gasteiger partial charge in [0.2, 0.25) is 0 Å². The van der Waals surface area contributed by atoms with E-state index in [4.69, 9.17) is 4.74 Å². The smallest absolute Gasteiger partial charge is 0.338 e. The first-order valence-electron chi connectivity index (χ1n) is 8.59. The van der Waals surface area contributed by atoms with Crippen molar-refractivity contribution in [3.63, 3.8) is 0 Å². The van der Waals surface area contributed by atoms with Gasteiger partial charge in [-0.05, 0) is 36.1 Å². The van der Waals surface area contributed by atoms with Crippen molar-refractivity contribution in [1.29, 1.82) is 0 Å². The standard InChI is InChI=1S/C20H20N2O4S2/c1-15(22(2)28(24,25)18-9-6-14-27-18)19(16-7-4-3-5-8-16)26-20(23)17-10-12-21-13-11-17/h3-15,19H,1-2H3/t15-,19+/m0/s1. The lowest BCUT2D eigenvalue weighted by molar-refractivity contribution is 0.0146. The van der Waals surface area contributed by atoms with Crippen LogP contribution < -0.4 is 0 Å². The van der Waals surface area contributed by atoms with E-state index in [9.17, 15) is 13.2 Å². The van der Waals surface area contributed by atoms with Gasteiger partial charge >= 0.3 is 5.97 Å².